The van der Waals surface area contributed by atoms with Gasteiger partial charge in [0.05, 0.1) is 16.6 Å². The van der Waals surface area contributed by atoms with Gasteiger partial charge in [-0.2, -0.15) is 13.2 Å². The standard InChI is InChI=1S/C34H43F3N8O2/c1-5-26(21-31(38-3)42-32(46)23-11-13-39-14-12-23)47-27-9-10-29-30(20-27)43(4)33(41-29)40-25-8-7-24(28(19-25)34(35,36)37)22-45-17-15-44(6-2)16-18-45/h5,7-10,19-21,23,39H,3,6,11-18,22H2,1-2,4H3,(H,40,41)(H,42,46)/b26-5+,31-21+. The van der Waals surface area contributed by atoms with Gasteiger partial charge >= 0.3 is 6.18 Å². The fraction of sp³-hybridized carbons (Fsp3) is 0.441. The largest absolute Gasteiger partial charge is 0.458 e. The van der Waals surface area contributed by atoms with E-state index in [9.17, 15) is 18.0 Å². The van der Waals surface area contributed by atoms with E-state index in [-0.39, 0.29) is 29.8 Å². The lowest BCUT2D eigenvalue weighted by Crippen LogP contribution is -2.45. The molecule has 3 N–H and O–H groups in total. The maximum absolute atomic E-state index is 14.2. The molecule has 2 saturated heterocycles. The molecule has 2 aromatic carbocycles. The van der Waals surface area contributed by atoms with Gasteiger partial charge < -0.3 is 30.2 Å². The number of piperidine rings is 1. The lowest BCUT2D eigenvalue weighted by molar-refractivity contribution is -0.138. The van der Waals surface area contributed by atoms with Crippen LogP contribution in [0.2, 0.25) is 0 Å². The van der Waals surface area contributed by atoms with E-state index in [1.807, 2.05) is 0 Å². The zero-order chi connectivity index (χ0) is 33.6. The number of fused-ring (bicyclic) bond motifs is 1. The van der Waals surface area contributed by atoms with Crippen molar-refractivity contribution >= 4 is 35.3 Å². The van der Waals surface area contributed by atoms with E-state index in [1.54, 1.807) is 61.0 Å². The summed E-state index contributed by atoms with van der Waals surface area (Å²) < 4.78 is 50.4. The molecule has 0 unspecified atom stereocenters. The molecule has 1 aromatic heterocycles. The number of nitrogens with zero attached hydrogens (tertiary/aromatic N) is 5. The van der Waals surface area contributed by atoms with Gasteiger partial charge in [-0.3, -0.25) is 9.69 Å². The molecule has 3 aromatic rings. The number of piperazine rings is 1. The fourth-order valence-electron chi connectivity index (χ4n) is 5.91. The minimum atomic E-state index is -4.49. The second-order valence-electron chi connectivity index (χ2n) is 11.8. The lowest BCUT2D eigenvalue weighted by Gasteiger charge is -2.34. The average molecular weight is 653 g/mol. The molecule has 0 spiro atoms. The molecule has 47 heavy (non-hydrogen) atoms. The topological polar surface area (TPSA) is 99.1 Å². The van der Waals surface area contributed by atoms with E-state index in [4.69, 9.17) is 4.74 Å². The highest BCUT2D eigenvalue weighted by atomic mass is 19.4. The highest BCUT2D eigenvalue weighted by Gasteiger charge is 2.34. The van der Waals surface area contributed by atoms with Crippen molar-refractivity contribution in [2.75, 3.05) is 51.1 Å². The third kappa shape index (κ3) is 8.59. The highest BCUT2D eigenvalue weighted by molar-refractivity contribution is 5.82. The highest BCUT2D eigenvalue weighted by Crippen LogP contribution is 2.35. The van der Waals surface area contributed by atoms with Crippen LogP contribution < -0.4 is 20.7 Å². The first-order valence-corrected chi connectivity index (χ1v) is 16.0. The Kier molecular flexibility index (Phi) is 11.0. The number of carbonyl (C=O) groups is 1. The summed E-state index contributed by atoms with van der Waals surface area (Å²) in [5.74, 6) is 1.45. The number of hydrogen-bond donors (Lipinski definition) is 3. The monoisotopic (exact) mass is 652 g/mol. The normalized spacial score (nSPS) is 17.6. The Morgan fingerprint density at radius 3 is 2.51 bits per heavy atom. The molecule has 0 aliphatic carbocycles. The average Bonchev–Trinajstić information content (AvgIpc) is 3.38. The summed E-state index contributed by atoms with van der Waals surface area (Å²) in [6, 6.07) is 9.70. The molecule has 0 atom stereocenters. The van der Waals surface area contributed by atoms with Gasteiger partial charge in [0.1, 0.15) is 17.3 Å². The number of benzene rings is 2. The van der Waals surface area contributed by atoms with Crippen LogP contribution in [-0.2, 0) is 24.6 Å². The summed E-state index contributed by atoms with van der Waals surface area (Å²) in [6.07, 6.45) is 0.384. The third-order valence-corrected chi connectivity index (χ3v) is 8.76. The number of imidazole rings is 1. The maximum Gasteiger partial charge on any atom is 0.416 e. The van der Waals surface area contributed by atoms with Crippen LogP contribution in [-0.4, -0.2) is 77.8 Å². The number of aliphatic imine (C=N–C) groups is 1. The Morgan fingerprint density at radius 2 is 1.85 bits per heavy atom. The van der Waals surface area contributed by atoms with Crippen molar-refractivity contribution in [2.24, 2.45) is 18.0 Å². The molecule has 13 heteroatoms. The van der Waals surface area contributed by atoms with Crippen molar-refractivity contribution in [1.82, 2.24) is 30.0 Å². The van der Waals surface area contributed by atoms with Gasteiger partial charge in [-0.05, 0) is 82.0 Å². The van der Waals surface area contributed by atoms with Gasteiger partial charge in [-0.25, -0.2) is 9.98 Å². The van der Waals surface area contributed by atoms with E-state index in [1.165, 1.54) is 0 Å². The summed E-state index contributed by atoms with van der Waals surface area (Å²) >= 11 is 0. The van der Waals surface area contributed by atoms with Gasteiger partial charge in [-0.15, -0.1) is 0 Å². The van der Waals surface area contributed by atoms with Crippen LogP contribution in [0.5, 0.6) is 5.75 Å². The fourth-order valence-corrected chi connectivity index (χ4v) is 5.91. The zero-order valence-corrected chi connectivity index (χ0v) is 27.2. The quantitative estimate of drug-likeness (QED) is 0.145. The summed E-state index contributed by atoms with van der Waals surface area (Å²) in [4.78, 5) is 25.6. The molecule has 2 aliphatic heterocycles. The Hall–Kier alpha value is -4.20. The van der Waals surface area contributed by atoms with Crippen LogP contribution in [0.25, 0.3) is 11.0 Å². The summed E-state index contributed by atoms with van der Waals surface area (Å²) in [6.45, 7) is 13.5. The smallest absolute Gasteiger partial charge is 0.416 e. The molecule has 0 saturated carbocycles. The number of rotatable bonds is 11. The maximum atomic E-state index is 14.2. The van der Waals surface area contributed by atoms with Gasteiger partial charge in [0.25, 0.3) is 0 Å². The van der Waals surface area contributed by atoms with E-state index < -0.39 is 11.7 Å². The Bertz CT molecular complexity index is 1630. The summed E-state index contributed by atoms with van der Waals surface area (Å²) in [7, 11) is 1.78. The zero-order valence-electron chi connectivity index (χ0n) is 27.2. The molecule has 5 rings (SSSR count). The first-order chi connectivity index (χ1) is 22.6. The molecule has 0 radical (unpaired) electrons. The van der Waals surface area contributed by atoms with Crippen LogP contribution in [0.3, 0.4) is 0 Å². The van der Waals surface area contributed by atoms with Crippen LogP contribution in [0, 0.1) is 5.92 Å². The second-order valence-corrected chi connectivity index (χ2v) is 11.8. The van der Waals surface area contributed by atoms with Crippen LogP contribution in [0.15, 0.2) is 65.1 Å². The predicted octanol–water partition coefficient (Wildman–Crippen LogP) is 5.41. The number of amides is 1. The van der Waals surface area contributed by atoms with Crippen molar-refractivity contribution in [3.63, 3.8) is 0 Å². The molecular formula is C34H43F3N8O2. The molecule has 0 bridgehead atoms. The molecule has 2 aliphatic rings. The van der Waals surface area contributed by atoms with Crippen LogP contribution in [0.4, 0.5) is 24.8 Å². The number of carbonyl (C=O) groups excluding carboxylic acids is 1. The minimum Gasteiger partial charge on any atom is -0.458 e. The molecule has 10 nitrogen and oxygen atoms in total. The summed E-state index contributed by atoms with van der Waals surface area (Å²) in [5.41, 5.74) is 1.26. The molecule has 2 fully saturated rings. The van der Waals surface area contributed by atoms with Gasteiger partial charge in [-0.1, -0.05) is 13.0 Å². The molecule has 252 valence electrons. The number of aryl methyl sites for hydroxylation is 1. The van der Waals surface area contributed by atoms with Crippen molar-refractivity contribution in [2.45, 2.75) is 39.4 Å². The number of hydrogen-bond acceptors (Lipinski definition) is 8. The number of aromatic nitrogens is 2. The third-order valence-electron chi connectivity index (χ3n) is 8.76. The number of likely N-dealkylation sites (N-methyl/N-ethyl adjacent to an activating group) is 1. The number of halogens is 3. The lowest BCUT2D eigenvalue weighted by atomic mass is 9.97. The number of nitrogens with one attached hydrogen (secondary N) is 3. The van der Waals surface area contributed by atoms with Crippen LogP contribution >= 0.6 is 0 Å². The molecule has 3 heterocycles. The number of anilines is 2. The molecular weight excluding hydrogens is 609 g/mol. The summed E-state index contributed by atoms with van der Waals surface area (Å²) in [5, 5.41) is 9.16. The first-order valence-electron chi connectivity index (χ1n) is 16.0. The van der Waals surface area contributed by atoms with Gasteiger partial charge in [0, 0.05) is 63.5 Å². The Morgan fingerprint density at radius 1 is 1.13 bits per heavy atom. The Labute approximate surface area is 273 Å². The van der Waals surface area contributed by atoms with E-state index in [0.29, 0.717) is 34.2 Å². The van der Waals surface area contributed by atoms with Crippen molar-refractivity contribution in [3.05, 3.63) is 71.3 Å². The van der Waals surface area contributed by atoms with E-state index in [2.05, 4.69) is 49.4 Å². The number of ether oxygens (including phenoxy) is 1. The van der Waals surface area contributed by atoms with Crippen molar-refractivity contribution in [3.8, 4) is 5.75 Å². The Balaban J connectivity index is 1.30. The minimum absolute atomic E-state index is 0.0868. The number of alkyl halides is 3. The van der Waals surface area contributed by atoms with E-state index >= 15 is 0 Å². The van der Waals surface area contributed by atoms with Gasteiger partial charge in [0.2, 0.25) is 11.9 Å². The van der Waals surface area contributed by atoms with Crippen molar-refractivity contribution < 1.29 is 22.7 Å². The van der Waals surface area contributed by atoms with Crippen molar-refractivity contribution in [1.29, 1.82) is 0 Å². The SMILES string of the molecule is C=N/C(=C\C(=C/C)Oc1ccc2nc(Nc3ccc(CN4CCN(CC)CC4)c(C(F)(F)F)c3)n(C)c2c1)NC(=O)C1CCNCC1. The molecule has 1 amide bonds. The van der Waals surface area contributed by atoms with Gasteiger partial charge in [0.15, 0.2) is 0 Å². The second kappa shape index (κ2) is 15.1. The predicted molar refractivity (Wildman–Crippen MR) is 179 cm³/mol. The first kappa shape index (κ1) is 34.1. The van der Waals surface area contributed by atoms with Crippen LogP contribution in [0.1, 0.15) is 37.8 Å². The number of allylic oxidation sites excluding steroid dienone is 2. The van der Waals surface area contributed by atoms with E-state index in [0.717, 1.165) is 64.7 Å².